The zero-order chi connectivity index (χ0) is 16.4. The third-order valence-electron chi connectivity index (χ3n) is 3.69. The zero-order valence-corrected chi connectivity index (χ0v) is 13.5. The first-order valence-electron chi connectivity index (χ1n) is 6.81. The standard InChI is InChI=1S/C15H16Cl2FNO3/c1-14(9-15(14,16)17)13(21)22-8-12(20)19-7-6-10-2-4-11(18)5-3-10/h2-5H,6-9H2,1H3,(H,19,20)/t14-/m0/s1. The van der Waals surface area contributed by atoms with Crippen LogP contribution < -0.4 is 5.32 Å². The first-order valence-corrected chi connectivity index (χ1v) is 7.56. The van der Waals surface area contributed by atoms with E-state index >= 15 is 0 Å². The number of carbonyl (C=O) groups excluding carboxylic acids is 2. The predicted octanol–water partition coefficient (Wildman–Crippen LogP) is 2.61. The summed E-state index contributed by atoms with van der Waals surface area (Å²) in [7, 11) is 0. The molecule has 7 heteroatoms. The summed E-state index contributed by atoms with van der Waals surface area (Å²) in [5, 5.41) is 2.62. The Bertz CT molecular complexity index is 577. The lowest BCUT2D eigenvalue weighted by molar-refractivity contribution is -0.153. The van der Waals surface area contributed by atoms with Gasteiger partial charge in [-0.3, -0.25) is 9.59 Å². The van der Waals surface area contributed by atoms with Gasteiger partial charge in [-0.25, -0.2) is 4.39 Å². The molecule has 1 saturated carbocycles. The summed E-state index contributed by atoms with van der Waals surface area (Å²) in [5.41, 5.74) is -0.0388. The Hall–Kier alpha value is -1.33. The Morgan fingerprint density at radius 1 is 1.32 bits per heavy atom. The van der Waals surface area contributed by atoms with Gasteiger partial charge in [0.15, 0.2) is 6.61 Å². The van der Waals surface area contributed by atoms with Gasteiger partial charge in [-0.2, -0.15) is 0 Å². The van der Waals surface area contributed by atoms with Crippen LogP contribution >= 0.6 is 23.2 Å². The van der Waals surface area contributed by atoms with Crippen molar-refractivity contribution in [1.29, 1.82) is 0 Å². The summed E-state index contributed by atoms with van der Waals surface area (Å²) in [6.45, 7) is 1.59. The molecule has 1 amide bonds. The molecule has 4 nitrogen and oxygen atoms in total. The molecule has 2 rings (SSSR count). The lowest BCUT2D eigenvalue weighted by Crippen LogP contribution is -2.32. The highest BCUT2D eigenvalue weighted by molar-refractivity contribution is 6.53. The third kappa shape index (κ3) is 3.90. The second-order valence-corrected chi connectivity index (χ2v) is 7.00. The number of alkyl halides is 2. The smallest absolute Gasteiger partial charge is 0.315 e. The fourth-order valence-electron chi connectivity index (χ4n) is 1.96. The van der Waals surface area contributed by atoms with Crippen LogP contribution in [-0.2, 0) is 20.7 Å². The largest absolute Gasteiger partial charge is 0.455 e. The van der Waals surface area contributed by atoms with E-state index in [1.54, 1.807) is 19.1 Å². The van der Waals surface area contributed by atoms with E-state index in [0.29, 0.717) is 19.4 Å². The monoisotopic (exact) mass is 347 g/mol. The van der Waals surface area contributed by atoms with Crippen molar-refractivity contribution < 1.29 is 18.7 Å². The summed E-state index contributed by atoms with van der Waals surface area (Å²) in [6.07, 6.45) is 0.873. The molecule has 0 spiro atoms. The highest BCUT2D eigenvalue weighted by atomic mass is 35.5. The SMILES string of the molecule is C[C@@]1(C(=O)OCC(=O)NCCc2ccc(F)cc2)CC1(Cl)Cl. The first kappa shape index (κ1) is 17.0. The van der Waals surface area contributed by atoms with E-state index in [9.17, 15) is 14.0 Å². The molecule has 1 atom stereocenters. The van der Waals surface area contributed by atoms with Crippen molar-refractivity contribution in [3.8, 4) is 0 Å². The molecular weight excluding hydrogens is 332 g/mol. The molecule has 1 aliphatic carbocycles. The van der Waals surface area contributed by atoms with Gasteiger partial charge in [-0.1, -0.05) is 12.1 Å². The van der Waals surface area contributed by atoms with Crippen LogP contribution in [0.4, 0.5) is 4.39 Å². The molecule has 1 aromatic rings. The minimum atomic E-state index is -1.11. The van der Waals surface area contributed by atoms with Gasteiger partial charge in [0.05, 0.1) is 0 Å². The summed E-state index contributed by atoms with van der Waals surface area (Å²) in [6, 6.07) is 6.02. The zero-order valence-electron chi connectivity index (χ0n) is 12.0. The van der Waals surface area contributed by atoms with E-state index in [0.717, 1.165) is 5.56 Å². The van der Waals surface area contributed by atoms with Crippen LogP contribution in [0, 0.1) is 11.2 Å². The number of nitrogens with one attached hydrogen (secondary N) is 1. The van der Waals surface area contributed by atoms with Crippen LogP contribution in [-0.4, -0.2) is 29.4 Å². The van der Waals surface area contributed by atoms with Crippen molar-refractivity contribution in [2.24, 2.45) is 5.41 Å². The quantitative estimate of drug-likeness (QED) is 0.635. The van der Waals surface area contributed by atoms with Crippen LogP contribution in [0.15, 0.2) is 24.3 Å². The fourth-order valence-corrected chi connectivity index (χ4v) is 2.65. The lowest BCUT2D eigenvalue weighted by atomic mass is 10.1. The van der Waals surface area contributed by atoms with Gasteiger partial charge in [0.1, 0.15) is 15.6 Å². The van der Waals surface area contributed by atoms with E-state index in [2.05, 4.69) is 5.32 Å². The predicted molar refractivity (Wildman–Crippen MR) is 81.2 cm³/mol. The summed E-state index contributed by atoms with van der Waals surface area (Å²) < 4.78 is 16.5. The second kappa shape index (κ2) is 6.42. The lowest BCUT2D eigenvalue weighted by Gasteiger charge is -2.11. The van der Waals surface area contributed by atoms with E-state index in [1.165, 1.54) is 12.1 Å². The molecule has 0 saturated heterocycles. The molecule has 0 aromatic heterocycles. The molecular formula is C15H16Cl2FNO3. The molecule has 1 aliphatic rings. The number of hydrogen-bond donors (Lipinski definition) is 1. The molecule has 1 fully saturated rings. The average molecular weight is 348 g/mol. The molecule has 120 valence electrons. The minimum Gasteiger partial charge on any atom is -0.455 e. The topological polar surface area (TPSA) is 55.4 Å². The van der Waals surface area contributed by atoms with Gasteiger partial charge in [0.25, 0.3) is 5.91 Å². The number of ether oxygens (including phenoxy) is 1. The number of esters is 1. The van der Waals surface area contributed by atoms with E-state index < -0.39 is 21.6 Å². The Kier molecular flexibility index (Phi) is 4.97. The van der Waals surface area contributed by atoms with Crippen molar-refractivity contribution in [2.45, 2.75) is 24.1 Å². The van der Waals surface area contributed by atoms with Gasteiger partial charge in [0, 0.05) is 13.0 Å². The Labute approximate surface area is 137 Å². The van der Waals surface area contributed by atoms with Gasteiger partial charge < -0.3 is 10.1 Å². The third-order valence-corrected chi connectivity index (χ3v) is 4.79. The summed E-state index contributed by atoms with van der Waals surface area (Å²) >= 11 is 11.7. The molecule has 1 N–H and O–H groups in total. The number of amides is 1. The number of halogens is 3. The van der Waals surface area contributed by atoms with Crippen LogP contribution in [0.2, 0.25) is 0 Å². The minimum absolute atomic E-state index is 0.303. The number of benzene rings is 1. The molecule has 0 bridgehead atoms. The van der Waals surface area contributed by atoms with Gasteiger partial charge in [-0.05, 0) is 31.0 Å². The molecule has 0 heterocycles. The second-order valence-electron chi connectivity index (χ2n) is 5.52. The number of hydrogen-bond acceptors (Lipinski definition) is 3. The fraction of sp³-hybridized carbons (Fsp3) is 0.467. The van der Waals surface area contributed by atoms with Crippen LogP contribution in [0.25, 0.3) is 0 Å². The highest BCUT2D eigenvalue weighted by Gasteiger charge is 2.69. The van der Waals surface area contributed by atoms with Crippen LogP contribution in [0.1, 0.15) is 18.9 Å². The Balaban J connectivity index is 1.66. The van der Waals surface area contributed by atoms with Gasteiger partial charge >= 0.3 is 5.97 Å². The molecule has 0 radical (unpaired) electrons. The maximum Gasteiger partial charge on any atom is 0.315 e. The Morgan fingerprint density at radius 3 is 2.45 bits per heavy atom. The average Bonchev–Trinajstić information content (AvgIpc) is 2.98. The normalized spacial score (nSPS) is 22.0. The van der Waals surface area contributed by atoms with Crippen molar-refractivity contribution in [2.75, 3.05) is 13.2 Å². The van der Waals surface area contributed by atoms with Gasteiger partial charge in [-0.15, -0.1) is 23.2 Å². The van der Waals surface area contributed by atoms with E-state index in [4.69, 9.17) is 27.9 Å². The van der Waals surface area contributed by atoms with E-state index in [1.807, 2.05) is 0 Å². The first-order chi connectivity index (χ1) is 10.2. The molecule has 0 aliphatic heterocycles. The maximum atomic E-state index is 12.7. The van der Waals surface area contributed by atoms with Crippen LogP contribution in [0.5, 0.6) is 0 Å². The maximum absolute atomic E-state index is 12.7. The van der Waals surface area contributed by atoms with E-state index in [-0.39, 0.29) is 12.4 Å². The highest BCUT2D eigenvalue weighted by Crippen LogP contribution is 2.64. The van der Waals surface area contributed by atoms with Crippen molar-refractivity contribution in [3.05, 3.63) is 35.6 Å². The van der Waals surface area contributed by atoms with Gasteiger partial charge in [0.2, 0.25) is 0 Å². The summed E-state index contributed by atoms with van der Waals surface area (Å²) in [5.74, 6) is -1.29. The van der Waals surface area contributed by atoms with Crippen LogP contribution in [0.3, 0.4) is 0 Å². The number of carbonyl (C=O) groups is 2. The number of rotatable bonds is 6. The van der Waals surface area contributed by atoms with Crippen molar-refractivity contribution in [3.63, 3.8) is 0 Å². The Morgan fingerprint density at radius 2 is 1.91 bits per heavy atom. The molecule has 0 unspecified atom stereocenters. The summed E-state index contributed by atoms with van der Waals surface area (Å²) in [4.78, 5) is 23.4. The molecule has 22 heavy (non-hydrogen) atoms. The molecule has 1 aromatic carbocycles. The van der Waals surface area contributed by atoms with Crippen molar-refractivity contribution in [1.82, 2.24) is 5.32 Å². The van der Waals surface area contributed by atoms with Crippen molar-refractivity contribution >= 4 is 35.1 Å².